The molecule has 2 aromatic carbocycles. The van der Waals surface area contributed by atoms with Crippen molar-refractivity contribution in [3.8, 4) is 5.75 Å². The molecule has 0 saturated carbocycles. The van der Waals surface area contributed by atoms with Crippen LogP contribution in [0.2, 0.25) is 0 Å². The van der Waals surface area contributed by atoms with Crippen molar-refractivity contribution in [2.45, 2.75) is 46.5 Å². The number of ether oxygens (including phenoxy) is 3. The predicted octanol–water partition coefficient (Wildman–Crippen LogP) is 5.73. The number of nitrogens with one attached hydrogen (secondary N) is 1. The second-order valence-corrected chi connectivity index (χ2v) is 9.77. The molecule has 1 N–H and O–H groups in total. The van der Waals surface area contributed by atoms with Gasteiger partial charge in [0.2, 0.25) is 0 Å². The zero-order chi connectivity index (χ0) is 24.5. The summed E-state index contributed by atoms with van der Waals surface area (Å²) in [4.78, 5) is 24.2. The summed E-state index contributed by atoms with van der Waals surface area (Å²) in [7, 11) is 1.53. The van der Waals surface area contributed by atoms with E-state index in [0.29, 0.717) is 23.6 Å². The Morgan fingerprint density at radius 1 is 0.970 bits per heavy atom. The highest BCUT2D eigenvalue weighted by atomic mass is 16.6. The molecular formula is C27H35NO5. The molecule has 6 nitrogen and oxygen atoms in total. The average molecular weight is 454 g/mol. The zero-order valence-electron chi connectivity index (χ0n) is 20.4. The molecule has 0 heterocycles. The molecule has 0 aliphatic carbocycles. The fraction of sp³-hybridized carbons (Fsp3) is 0.407. The minimum absolute atomic E-state index is 0.0528. The second-order valence-electron chi connectivity index (χ2n) is 9.77. The Kier molecular flexibility index (Phi) is 9.23. The van der Waals surface area contributed by atoms with Crippen molar-refractivity contribution in [2.75, 3.05) is 25.6 Å². The lowest BCUT2D eigenvalue weighted by Gasteiger charge is -2.33. The van der Waals surface area contributed by atoms with Gasteiger partial charge in [0, 0.05) is 18.9 Å². The molecule has 33 heavy (non-hydrogen) atoms. The summed E-state index contributed by atoms with van der Waals surface area (Å²) in [5.41, 5.74) is 2.36. The molecule has 6 heteroatoms. The van der Waals surface area contributed by atoms with Gasteiger partial charge in [0.15, 0.2) is 0 Å². The van der Waals surface area contributed by atoms with Crippen LogP contribution in [0.1, 0.15) is 57.0 Å². The van der Waals surface area contributed by atoms with Gasteiger partial charge in [-0.25, -0.2) is 4.79 Å². The molecule has 0 saturated heterocycles. The maximum atomic E-state index is 12.2. The third-order valence-corrected chi connectivity index (χ3v) is 4.92. The molecule has 0 fully saturated rings. The molecule has 1 amide bonds. The van der Waals surface area contributed by atoms with Gasteiger partial charge < -0.3 is 19.5 Å². The molecular weight excluding hydrogens is 418 g/mol. The number of hydrogen-bond acceptors (Lipinski definition) is 5. The van der Waals surface area contributed by atoms with Crippen LogP contribution in [0.5, 0.6) is 5.75 Å². The van der Waals surface area contributed by atoms with E-state index in [2.05, 4.69) is 52.1 Å². The zero-order valence-corrected chi connectivity index (χ0v) is 20.4. The van der Waals surface area contributed by atoms with Crippen LogP contribution in [0.3, 0.4) is 0 Å². The van der Waals surface area contributed by atoms with Crippen LogP contribution in [0.15, 0.2) is 60.9 Å². The fourth-order valence-corrected chi connectivity index (χ4v) is 3.80. The van der Waals surface area contributed by atoms with Gasteiger partial charge in [0.1, 0.15) is 12.4 Å². The quantitative estimate of drug-likeness (QED) is 0.215. The average Bonchev–Trinajstić information content (AvgIpc) is 2.73. The summed E-state index contributed by atoms with van der Waals surface area (Å²) in [6.07, 6.45) is 3.70. The number of amides is 1. The summed E-state index contributed by atoms with van der Waals surface area (Å²) in [6, 6.07) is 14.5. The Bertz CT molecular complexity index is 955. The van der Waals surface area contributed by atoms with E-state index in [-0.39, 0.29) is 23.3 Å². The van der Waals surface area contributed by atoms with Crippen LogP contribution < -0.4 is 10.1 Å². The lowest BCUT2D eigenvalue weighted by Crippen LogP contribution is -2.24. The van der Waals surface area contributed by atoms with Crippen LogP contribution in [0.4, 0.5) is 5.69 Å². The largest absolute Gasteiger partial charge is 0.465 e. The first-order valence-corrected chi connectivity index (χ1v) is 11.0. The van der Waals surface area contributed by atoms with E-state index in [4.69, 9.17) is 14.2 Å². The summed E-state index contributed by atoms with van der Waals surface area (Å²) >= 11 is 0. The molecule has 0 radical (unpaired) electrons. The van der Waals surface area contributed by atoms with E-state index < -0.39 is 5.97 Å². The van der Waals surface area contributed by atoms with Crippen molar-refractivity contribution >= 4 is 17.6 Å². The van der Waals surface area contributed by atoms with E-state index in [1.54, 1.807) is 24.3 Å². The van der Waals surface area contributed by atoms with Gasteiger partial charge in [-0.05, 0) is 53.1 Å². The van der Waals surface area contributed by atoms with Crippen molar-refractivity contribution in [3.05, 3.63) is 72.0 Å². The summed E-state index contributed by atoms with van der Waals surface area (Å²) in [5, 5.41) is 2.70. The van der Waals surface area contributed by atoms with Crippen LogP contribution >= 0.6 is 0 Å². The van der Waals surface area contributed by atoms with E-state index >= 15 is 0 Å². The molecule has 2 aromatic rings. The number of methoxy groups -OCH3 is 1. The molecule has 0 atom stereocenters. The minimum Gasteiger partial charge on any atom is -0.465 e. The van der Waals surface area contributed by atoms with Crippen LogP contribution in [-0.2, 0) is 19.7 Å². The number of carbonyl (C=O) groups excluding carboxylic acids is 2. The third-order valence-electron chi connectivity index (χ3n) is 4.92. The van der Waals surface area contributed by atoms with E-state index in [1.165, 1.54) is 25.0 Å². The van der Waals surface area contributed by atoms with Crippen LogP contribution in [0.25, 0.3) is 0 Å². The summed E-state index contributed by atoms with van der Waals surface area (Å²) in [5.74, 6) is -0.200. The number of carbonyl (C=O) groups is 2. The molecule has 0 spiro atoms. The predicted molar refractivity (Wildman–Crippen MR) is 131 cm³/mol. The first-order valence-electron chi connectivity index (χ1n) is 11.0. The van der Waals surface area contributed by atoms with E-state index in [9.17, 15) is 9.59 Å². The highest BCUT2D eigenvalue weighted by Crippen LogP contribution is 2.36. The highest BCUT2D eigenvalue weighted by Gasteiger charge is 2.27. The lowest BCUT2D eigenvalue weighted by atomic mass is 9.72. The van der Waals surface area contributed by atoms with E-state index in [0.717, 1.165) is 6.42 Å². The van der Waals surface area contributed by atoms with Gasteiger partial charge in [-0.1, -0.05) is 52.8 Å². The van der Waals surface area contributed by atoms with Crippen molar-refractivity contribution in [1.29, 1.82) is 0 Å². The van der Waals surface area contributed by atoms with Crippen LogP contribution in [-0.4, -0.2) is 32.2 Å². The van der Waals surface area contributed by atoms with Gasteiger partial charge in [0.05, 0.1) is 18.4 Å². The molecule has 0 aliphatic rings. The molecule has 2 rings (SSSR count). The monoisotopic (exact) mass is 453 g/mol. The molecule has 0 aromatic heterocycles. The van der Waals surface area contributed by atoms with Crippen LogP contribution in [0, 0.1) is 5.41 Å². The highest BCUT2D eigenvalue weighted by molar-refractivity contribution is 6.00. The smallest absolute Gasteiger partial charge is 0.338 e. The first-order chi connectivity index (χ1) is 15.5. The topological polar surface area (TPSA) is 73.9 Å². The van der Waals surface area contributed by atoms with Gasteiger partial charge in [-0.15, -0.1) is 0 Å². The summed E-state index contributed by atoms with van der Waals surface area (Å²) < 4.78 is 15.5. The molecule has 178 valence electrons. The fourth-order valence-electron chi connectivity index (χ4n) is 3.80. The number of hydrogen-bond donors (Lipinski definition) is 1. The number of anilines is 1. The van der Waals surface area contributed by atoms with Crippen molar-refractivity contribution < 1.29 is 23.8 Å². The Hall–Kier alpha value is -3.12. The Labute approximate surface area is 196 Å². The first kappa shape index (κ1) is 26.1. The molecule has 0 bridgehead atoms. The second kappa shape index (κ2) is 11.7. The Morgan fingerprint density at radius 3 is 2.30 bits per heavy atom. The maximum absolute atomic E-state index is 12.2. The number of rotatable bonds is 10. The molecule has 0 aliphatic heterocycles. The standard InChI is InChI=1S/C27H35NO5/c1-26(2,3)19-27(4,5)21-10-12-23(13-11-21)32-15-14-24(29)28-22-9-7-8-20(18-22)25(30)33-17-16-31-6/h7-15,18H,16-17,19H2,1-6H3,(H,28,29)/b15-14+. The number of esters is 1. The molecule has 0 unspecified atom stereocenters. The lowest BCUT2D eigenvalue weighted by molar-refractivity contribution is -0.112. The van der Waals surface area contributed by atoms with Crippen molar-refractivity contribution in [3.63, 3.8) is 0 Å². The minimum atomic E-state index is -0.476. The number of benzene rings is 2. The van der Waals surface area contributed by atoms with E-state index in [1.807, 2.05) is 12.1 Å². The van der Waals surface area contributed by atoms with Crippen molar-refractivity contribution in [1.82, 2.24) is 0 Å². The third kappa shape index (κ3) is 9.10. The Morgan fingerprint density at radius 2 is 1.67 bits per heavy atom. The van der Waals surface area contributed by atoms with Gasteiger partial charge >= 0.3 is 5.97 Å². The Balaban J connectivity index is 1.90. The normalized spacial score (nSPS) is 11.9. The summed E-state index contributed by atoms with van der Waals surface area (Å²) in [6.45, 7) is 11.7. The van der Waals surface area contributed by atoms with Crippen molar-refractivity contribution in [2.24, 2.45) is 5.41 Å². The maximum Gasteiger partial charge on any atom is 0.338 e. The van der Waals surface area contributed by atoms with Gasteiger partial charge in [-0.3, -0.25) is 4.79 Å². The van der Waals surface area contributed by atoms with Gasteiger partial charge in [-0.2, -0.15) is 0 Å². The SMILES string of the molecule is COCCOC(=O)c1cccc(NC(=O)/C=C/Oc2ccc(C(C)(C)CC(C)(C)C)cc2)c1. The van der Waals surface area contributed by atoms with Gasteiger partial charge in [0.25, 0.3) is 5.91 Å².